The van der Waals surface area contributed by atoms with Gasteiger partial charge in [-0.05, 0) is 31.2 Å². The van der Waals surface area contributed by atoms with Crippen molar-refractivity contribution >= 4 is 11.5 Å². The first-order valence-corrected chi connectivity index (χ1v) is 5.15. The predicted molar refractivity (Wildman–Crippen MR) is 63.2 cm³/mol. The molecule has 0 aromatic carbocycles. The lowest BCUT2D eigenvalue weighted by molar-refractivity contribution is 0.901. The van der Waals surface area contributed by atoms with E-state index in [-0.39, 0.29) is 0 Å². The van der Waals surface area contributed by atoms with Crippen LogP contribution in [0.2, 0.25) is 0 Å². The van der Waals surface area contributed by atoms with Gasteiger partial charge >= 0.3 is 0 Å². The van der Waals surface area contributed by atoms with Gasteiger partial charge in [-0.15, -0.1) is 10.2 Å². The number of nitrogens with zero attached hydrogens (tertiary/aromatic N) is 5. The van der Waals surface area contributed by atoms with Gasteiger partial charge in [-0.1, -0.05) is 0 Å². The minimum absolute atomic E-state index is 0.478. The minimum atomic E-state index is 0.478. The molecule has 0 amide bonds. The second-order valence-electron chi connectivity index (χ2n) is 3.74. The Hall–Kier alpha value is -2.50. The van der Waals surface area contributed by atoms with Gasteiger partial charge < -0.3 is 5.73 Å². The highest BCUT2D eigenvalue weighted by Gasteiger charge is 2.09. The van der Waals surface area contributed by atoms with Crippen LogP contribution in [-0.2, 0) is 0 Å². The van der Waals surface area contributed by atoms with E-state index in [4.69, 9.17) is 5.73 Å². The van der Waals surface area contributed by atoms with Crippen LogP contribution >= 0.6 is 0 Å². The summed E-state index contributed by atoms with van der Waals surface area (Å²) >= 11 is 0. The summed E-state index contributed by atoms with van der Waals surface area (Å²) in [4.78, 5) is 4.03. The third-order valence-electron chi connectivity index (χ3n) is 2.44. The summed E-state index contributed by atoms with van der Waals surface area (Å²) in [7, 11) is 0. The molecule has 6 nitrogen and oxygen atoms in total. The Morgan fingerprint density at radius 1 is 1.12 bits per heavy atom. The molecule has 0 aliphatic heterocycles. The second-order valence-corrected chi connectivity index (χ2v) is 3.74. The van der Waals surface area contributed by atoms with Crippen LogP contribution in [0.5, 0.6) is 0 Å². The summed E-state index contributed by atoms with van der Waals surface area (Å²) in [5, 5.41) is 12.5. The molecule has 3 heterocycles. The van der Waals surface area contributed by atoms with Crippen LogP contribution in [0.3, 0.4) is 0 Å². The van der Waals surface area contributed by atoms with Gasteiger partial charge in [-0.3, -0.25) is 0 Å². The lowest BCUT2D eigenvalue weighted by Gasteiger charge is -1.99. The van der Waals surface area contributed by atoms with Crippen molar-refractivity contribution in [2.24, 2.45) is 0 Å². The van der Waals surface area contributed by atoms with E-state index in [1.165, 1.54) is 0 Å². The largest absolute Gasteiger partial charge is 0.384 e. The molecule has 0 saturated heterocycles. The highest BCUT2D eigenvalue weighted by molar-refractivity contribution is 5.58. The quantitative estimate of drug-likeness (QED) is 0.671. The van der Waals surface area contributed by atoms with E-state index in [9.17, 15) is 0 Å². The van der Waals surface area contributed by atoms with Crippen LogP contribution in [0.25, 0.3) is 17.0 Å². The van der Waals surface area contributed by atoms with Crippen molar-refractivity contribution in [3.8, 4) is 11.4 Å². The van der Waals surface area contributed by atoms with Gasteiger partial charge in [0.2, 0.25) is 0 Å². The first-order chi connectivity index (χ1) is 8.24. The van der Waals surface area contributed by atoms with Crippen molar-refractivity contribution < 1.29 is 0 Å². The molecular weight excluding hydrogens is 216 g/mol. The van der Waals surface area contributed by atoms with Crippen molar-refractivity contribution in [2.45, 2.75) is 6.92 Å². The van der Waals surface area contributed by atoms with Crippen LogP contribution in [0.15, 0.2) is 30.5 Å². The van der Waals surface area contributed by atoms with Gasteiger partial charge in [0.25, 0.3) is 0 Å². The average molecular weight is 226 g/mol. The molecule has 0 radical (unpaired) electrons. The van der Waals surface area contributed by atoms with Gasteiger partial charge in [0, 0.05) is 11.8 Å². The molecule has 84 valence electrons. The fraction of sp³-hybridized carbons (Fsp3) is 0.0909. The van der Waals surface area contributed by atoms with Crippen molar-refractivity contribution in [3.63, 3.8) is 0 Å². The molecule has 0 fully saturated rings. The molecule has 3 rings (SSSR count). The van der Waals surface area contributed by atoms with Crippen LogP contribution < -0.4 is 5.73 Å². The Bertz CT molecular complexity index is 670. The van der Waals surface area contributed by atoms with Gasteiger partial charge in [-0.25, -0.2) is 4.98 Å². The Morgan fingerprint density at radius 3 is 2.76 bits per heavy atom. The number of nitrogen functional groups attached to an aromatic ring is 1. The fourth-order valence-corrected chi connectivity index (χ4v) is 1.60. The first kappa shape index (κ1) is 9.71. The summed E-state index contributed by atoms with van der Waals surface area (Å²) in [6.45, 7) is 1.92. The molecular formula is C11H10N6. The van der Waals surface area contributed by atoms with Gasteiger partial charge in [-0.2, -0.15) is 9.61 Å². The monoisotopic (exact) mass is 226 g/mol. The van der Waals surface area contributed by atoms with Crippen molar-refractivity contribution in [1.29, 1.82) is 0 Å². The summed E-state index contributed by atoms with van der Waals surface area (Å²) in [5.41, 5.74) is 8.00. The van der Waals surface area contributed by atoms with E-state index in [1.807, 2.05) is 25.1 Å². The summed E-state index contributed by atoms with van der Waals surface area (Å²) in [5.74, 6) is 1.14. The lowest BCUT2D eigenvalue weighted by Crippen LogP contribution is -1.97. The number of aromatic nitrogens is 5. The topological polar surface area (TPSA) is 82.0 Å². The number of hydrogen-bond donors (Lipinski definition) is 1. The van der Waals surface area contributed by atoms with Gasteiger partial charge in [0.15, 0.2) is 11.5 Å². The Morgan fingerprint density at radius 2 is 2.00 bits per heavy atom. The molecule has 0 saturated carbocycles. The summed E-state index contributed by atoms with van der Waals surface area (Å²) < 4.78 is 1.70. The Kier molecular flexibility index (Phi) is 2.01. The number of aryl methyl sites for hydroxylation is 1. The smallest absolute Gasteiger partial charge is 0.186 e. The Balaban J connectivity index is 2.23. The highest BCUT2D eigenvalue weighted by atomic mass is 15.4. The maximum absolute atomic E-state index is 5.55. The molecule has 3 aromatic rings. The van der Waals surface area contributed by atoms with Crippen LogP contribution in [0.4, 0.5) is 5.82 Å². The molecule has 17 heavy (non-hydrogen) atoms. The molecule has 0 spiro atoms. The number of hydrogen-bond acceptors (Lipinski definition) is 5. The van der Waals surface area contributed by atoms with E-state index in [0.717, 1.165) is 11.3 Å². The summed E-state index contributed by atoms with van der Waals surface area (Å²) in [6, 6.07) is 7.35. The fourth-order valence-electron chi connectivity index (χ4n) is 1.60. The average Bonchev–Trinajstić information content (AvgIpc) is 2.73. The zero-order valence-corrected chi connectivity index (χ0v) is 9.20. The lowest BCUT2D eigenvalue weighted by atomic mass is 10.2. The summed E-state index contributed by atoms with van der Waals surface area (Å²) in [6.07, 6.45) is 1.66. The minimum Gasteiger partial charge on any atom is -0.384 e. The SMILES string of the molecule is Cc1ccc2nnc(-c3ccc(N)nc3)n2n1. The molecule has 0 atom stereocenters. The molecule has 0 bridgehead atoms. The van der Waals surface area contributed by atoms with Crippen LogP contribution in [-0.4, -0.2) is 24.8 Å². The van der Waals surface area contributed by atoms with Crippen LogP contribution in [0, 0.1) is 6.92 Å². The number of anilines is 1. The normalized spacial score (nSPS) is 10.9. The molecule has 2 N–H and O–H groups in total. The van der Waals surface area contributed by atoms with E-state index >= 15 is 0 Å². The van der Waals surface area contributed by atoms with E-state index in [0.29, 0.717) is 17.3 Å². The highest BCUT2D eigenvalue weighted by Crippen LogP contribution is 2.17. The molecule has 0 aliphatic rings. The molecule has 3 aromatic heterocycles. The second kappa shape index (κ2) is 3.51. The number of nitrogens with two attached hydrogens (primary N) is 1. The maximum Gasteiger partial charge on any atom is 0.186 e. The van der Waals surface area contributed by atoms with Gasteiger partial charge in [0.1, 0.15) is 5.82 Å². The third-order valence-corrected chi connectivity index (χ3v) is 2.44. The van der Waals surface area contributed by atoms with Gasteiger partial charge in [0.05, 0.1) is 5.69 Å². The maximum atomic E-state index is 5.55. The van der Waals surface area contributed by atoms with Crippen molar-refractivity contribution in [1.82, 2.24) is 24.8 Å². The van der Waals surface area contributed by atoms with Crippen molar-refractivity contribution in [2.75, 3.05) is 5.73 Å². The third kappa shape index (κ3) is 1.59. The molecule has 0 aliphatic carbocycles. The first-order valence-electron chi connectivity index (χ1n) is 5.15. The van der Waals surface area contributed by atoms with E-state index in [2.05, 4.69) is 20.3 Å². The molecule has 0 unspecified atom stereocenters. The number of fused-ring (bicyclic) bond motifs is 1. The standard InChI is InChI=1S/C11H10N6/c1-7-2-5-10-14-15-11(17(10)16-7)8-3-4-9(12)13-6-8/h2-6H,1H3,(H2,12,13). The number of pyridine rings is 1. The zero-order valence-electron chi connectivity index (χ0n) is 9.20. The predicted octanol–water partition coefficient (Wildman–Crippen LogP) is 1.08. The van der Waals surface area contributed by atoms with Crippen molar-refractivity contribution in [3.05, 3.63) is 36.2 Å². The number of rotatable bonds is 1. The van der Waals surface area contributed by atoms with E-state index < -0.39 is 0 Å². The van der Waals surface area contributed by atoms with E-state index in [1.54, 1.807) is 16.8 Å². The van der Waals surface area contributed by atoms with Crippen LogP contribution in [0.1, 0.15) is 5.69 Å². The zero-order chi connectivity index (χ0) is 11.8. The Labute approximate surface area is 97.1 Å². The molecule has 6 heteroatoms.